The molecule has 1 heterocycles. The minimum absolute atomic E-state index is 0. The molecule has 0 bridgehead atoms. The van der Waals surface area contributed by atoms with Crippen molar-refractivity contribution in [2.45, 2.75) is 57.9 Å². The van der Waals surface area contributed by atoms with Crippen LogP contribution in [0.1, 0.15) is 51.9 Å². The van der Waals surface area contributed by atoms with Crippen LogP contribution in [-0.4, -0.2) is 62.6 Å². The highest BCUT2D eigenvalue weighted by molar-refractivity contribution is 14.0. The zero-order valence-corrected chi connectivity index (χ0v) is 18.2. The van der Waals surface area contributed by atoms with E-state index in [2.05, 4.69) is 32.8 Å². The standard InChI is InChI=1S/C18H35N5O.HI/c1-3-10-20-17(24)14-23-12-8-16(9-13-23)22-18(19-2)21-11-4-5-15-6-7-15;/h15-16H,3-14H2,1-2H3,(H,20,24)(H2,19,21,22);1H. The Morgan fingerprint density at radius 2 is 1.84 bits per heavy atom. The molecule has 1 saturated carbocycles. The van der Waals surface area contributed by atoms with Crippen LogP contribution in [0.4, 0.5) is 0 Å². The lowest BCUT2D eigenvalue weighted by atomic mass is 10.1. The van der Waals surface area contributed by atoms with Gasteiger partial charge >= 0.3 is 0 Å². The summed E-state index contributed by atoms with van der Waals surface area (Å²) in [5, 5.41) is 9.90. The molecule has 0 aromatic carbocycles. The monoisotopic (exact) mass is 465 g/mol. The van der Waals surface area contributed by atoms with E-state index in [0.717, 1.165) is 57.3 Å². The van der Waals surface area contributed by atoms with Crippen LogP contribution in [0.5, 0.6) is 0 Å². The summed E-state index contributed by atoms with van der Waals surface area (Å²) in [6.45, 7) is 6.32. The molecule has 2 rings (SSSR count). The average Bonchev–Trinajstić information content (AvgIpc) is 3.41. The van der Waals surface area contributed by atoms with E-state index >= 15 is 0 Å². The molecule has 0 spiro atoms. The zero-order valence-electron chi connectivity index (χ0n) is 15.9. The molecule has 0 aromatic heterocycles. The Morgan fingerprint density at radius 3 is 2.44 bits per heavy atom. The molecule has 6 nitrogen and oxygen atoms in total. The molecular formula is C18H36IN5O. The number of hydrogen-bond acceptors (Lipinski definition) is 3. The number of piperidine rings is 1. The van der Waals surface area contributed by atoms with Gasteiger partial charge in [-0.15, -0.1) is 24.0 Å². The smallest absolute Gasteiger partial charge is 0.234 e. The van der Waals surface area contributed by atoms with Crippen molar-refractivity contribution >= 4 is 35.8 Å². The van der Waals surface area contributed by atoms with Crippen LogP contribution >= 0.6 is 24.0 Å². The molecule has 0 radical (unpaired) electrons. The van der Waals surface area contributed by atoms with Crippen molar-refractivity contribution in [3.8, 4) is 0 Å². The number of amides is 1. The minimum Gasteiger partial charge on any atom is -0.356 e. The summed E-state index contributed by atoms with van der Waals surface area (Å²) in [6.07, 6.45) is 8.56. The first-order valence-electron chi connectivity index (χ1n) is 9.67. The summed E-state index contributed by atoms with van der Waals surface area (Å²) < 4.78 is 0. The van der Waals surface area contributed by atoms with Gasteiger partial charge < -0.3 is 16.0 Å². The van der Waals surface area contributed by atoms with Gasteiger partial charge in [0.25, 0.3) is 0 Å². The van der Waals surface area contributed by atoms with Crippen molar-refractivity contribution < 1.29 is 4.79 Å². The van der Waals surface area contributed by atoms with Crippen molar-refractivity contribution in [1.82, 2.24) is 20.9 Å². The number of carbonyl (C=O) groups excluding carboxylic acids is 1. The third kappa shape index (κ3) is 9.63. The Bertz CT molecular complexity index is 406. The van der Waals surface area contributed by atoms with Gasteiger partial charge in [-0.1, -0.05) is 19.8 Å². The highest BCUT2D eigenvalue weighted by atomic mass is 127. The van der Waals surface area contributed by atoms with Gasteiger partial charge in [-0.3, -0.25) is 14.7 Å². The van der Waals surface area contributed by atoms with Gasteiger partial charge in [0, 0.05) is 39.3 Å². The number of nitrogens with zero attached hydrogens (tertiary/aromatic N) is 2. The van der Waals surface area contributed by atoms with E-state index in [4.69, 9.17) is 0 Å². The molecule has 2 fully saturated rings. The molecule has 1 aliphatic carbocycles. The van der Waals surface area contributed by atoms with Gasteiger partial charge in [0.15, 0.2) is 5.96 Å². The van der Waals surface area contributed by atoms with Crippen LogP contribution in [0.25, 0.3) is 0 Å². The van der Waals surface area contributed by atoms with E-state index < -0.39 is 0 Å². The fourth-order valence-corrected chi connectivity index (χ4v) is 3.15. The van der Waals surface area contributed by atoms with E-state index in [0.29, 0.717) is 12.6 Å². The Kier molecular flexibility index (Phi) is 11.4. The highest BCUT2D eigenvalue weighted by Crippen LogP contribution is 2.33. The topological polar surface area (TPSA) is 68.8 Å². The molecule has 0 aromatic rings. The van der Waals surface area contributed by atoms with E-state index in [1.54, 1.807) is 0 Å². The summed E-state index contributed by atoms with van der Waals surface area (Å²) in [4.78, 5) is 18.4. The molecule has 2 aliphatic rings. The lowest BCUT2D eigenvalue weighted by Crippen LogP contribution is -2.50. The predicted molar refractivity (Wildman–Crippen MR) is 115 cm³/mol. The number of guanidine groups is 1. The first-order chi connectivity index (χ1) is 11.7. The van der Waals surface area contributed by atoms with Crippen LogP contribution in [0.2, 0.25) is 0 Å². The van der Waals surface area contributed by atoms with Crippen LogP contribution in [0.15, 0.2) is 4.99 Å². The van der Waals surface area contributed by atoms with Crippen LogP contribution < -0.4 is 16.0 Å². The largest absolute Gasteiger partial charge is 0.356 e. The molecule has 25 heavy (non-hydrogen) atoms. The number of carbonyl (C=O) groups is 1. The number of aliphatic imine (C=N–C) groups is 1. The molecule has 0 atom stereocenters. The van der Waals surface area contributed by atoms with E-state index in [1.807, 2.05) is 7.05 Å². The van der Waals surface area contributed by atoms with Crippen LogP contribution in [0, 0.1) is 5.92 Å². The molecule has 3 N–H and O–H groups in total. The first kappa shape index (κ1) is 22.5. The first-order valence-corrected chi connectivity index (χ1v) is 9.67. The molecule has 1 amide bonds. The SMILES string of the molecule is CCCNC(=O)CN1CCC(NC(=NC)NCCCC2CC2)CC1.I. The Balaban J connectivity index is 0.00000312. The fraction of sp³-hybridized carbons (Fsp3) is 0.889. The molecular weight excluding hydrogens is 429 g/mol. The lowest BCUT2D eigenvalue weighted by Gasteiger charge is -2.32. The van der Waals surface area contributed by atoms with Crippen LogP contribution in [0.3, 0.4) is 0 Å². The normalized spacial score (nSPS) is 19.2. The van der Waals surface area contributed by atoms with Gasteiger partial charge in [0.05, 0.1) is 6.54 Å². The van der Waals surface area contributed by atoms with Crippen molar-refractivity contribution in [2.75, 3.05) is 39.8 Å². The molecule has 7 heteroatoms. The van der Waals surface area contributed by atoms with E-state index in [9.17, 15) is 4.79 Å². The summed E-state index contributed by atoms with van der Waals surface area (Å²) in [5.74, 6) is 2.07. The minimum atomic E-state index is 0. The zero-order chi connectivity index (χ0) is 17.2. The Hall–Kier alpha value is -0.570. The maximum Gasteiger partial charge on any atom is 0.234 e. The van der Waals surface area contributed by atoms with Crippen molar-refractivity contribution in [2.24, 2.45) is 10.9 Å². The summed E-state index contributed by atoms with van der Waals surface area (Å²) in [7, 11) is 1.84. The molecule has 146 valence electrons. The molecule has 0 unspecified atom stereocenters. The Morgan fingerprint density at radius 1 is 1.12 bits per heavy atom. The number of nitrogens with one attached hydrogen (secondary N) is 3. The lowest BCUT2D eigenvalue weighted by molar-refractivity contribution is -0.122. The average molecular weight is 465 g/mol. The highest BCUT2D eigenvalue weighted by Gasteiger charge is 2.22. The second-order valence-corrected chi connectivity index (χ2v) is 7.13. The van der Waals surface area contributed by atoms with Gasteiger partial charge in [-0.05, 0) is 38.0 Å². The van der Waals surface area contributed by atoms with Crippen molar-refractivity contribution in [3.63, 3.8) is 0 Å². The van der Waals surface area contributed by atoms with Crippen LogP contribution in [-0.2, 0) is 4.79 Å². The Labute approximate surface area is 170 Å². The fourth-order valence-electron chi connectivity index (χ4n) is 3.15. The number of hydrogen-bond donors (Lipinski definition) is 3. The van der Waals surface area contributed by atoms with Gasteiger partial charge in [-0.2, -0.15) is 0 Å². The van der Waals surface area contributed by atoms with E-state index in [-0.39, 0.29) is 29.9 Å². The van der Waals surface area contributed by atoms with Crippen molar-refractivity contribution in [3.05, 3.63) is 0 Å². The second-order valence-electron chi connectivity index (χ2n) is 7.13. The summed E-state index contributed by atoms with van der Waals surface area (Å²) in [6, 6.07) is 0.453. The van der Waals surface area contributed by atoms with Gasteiger partial charge in [0.1, 0.15) is 0 Å². The van der Waals surface area contributed by atoms with Gasteiger partial charge in [0.2, 0.25) is 5.91 Å². The number of rotatable bonds is 9. The maximum atomic E-state index is 11.8. The number of halogens is 1. The number of likely N-dealkylation sites (tertiary alicyclic amines) is 1. The van der Waals surface area contributed by atoms with Crippen molar-refractivity contribution in [1.29, 1.82) is 0 Å². The summed E-state index contributed by atoms with van der Waals surface area (Å²) >= 11 is 0. The predicted octanol–water partition coefficient (Wildman–Crippen LogP) is 1.95. The maximum absolute atomic E-state index is 11.8. The quantitative estimate of drug-likeness (QED) is 0.211. The second kappa shape index (κ2) is 12.7. The third-order valence-corrected chi connectivity index (χ3v) is 4.87. The summed E-state index contributed by atoms with van der Waals surface area (Å²) in [5.41, 5.74) is 0. The van der Waals surface area contributed by atoms with E-state index in [1.165, 1.54) is 25.7 Å². The molecule has 1 aliphatic heterocycles. The van der Waals surface area contributed by atoms with Gasteiger partial charge in [-0.25, -0.2) is 0 Å². The molecule has 1 saturated heterocycles. The third-order valence-electron chi connectivity index (χ3n) is 4.87.